The van der Waals surface area contributed by atoms with Crippen LogP contribution in [-0.2, 0) is 18.3 Å². The fourth-order valence-corrected chi connectivity index (χ4v) is 2.27. The third-order valence-corrected chi connectivity index (χ3v) is 3.67. The van der Waals surface area contributed by atoms with Crippen molar-refractivity contribution in [1.82, 2.24) is 15.1 Å². The minimum absolute atomic E-state index is 0.130. The smallest absolute Gasteiger partial charge is 0.0750 e. The summed E-state index contributed by atoms with van der Waals surface area (Å²) in [7, 11) is 1.96. The summed E-state index contributed by atoms with van der Waals surface area (Å²) < 4.78 is 8.62. The van der Waals surface area contributed by atoms with Crippen LogP contribution < -0.4 is 5.32 Å². The van der Waals surface area contributed by atoms with Gasteiger partial charge in [-0.15, -0.1) is 0 Å². The molecule has 0 aliphatic heterocycles. The molecular formula is C12H22BrN3O. The molecule has 1 rings (SSSR count). The van der Waals surface area contributed by atoms with Gasteiger partial charge in [-0.25, -0.2) is 0 Å². The van der Waals surface area contributed by atoms with E-state index in [0.29, 0.717) is 0 Å². The van der Waals surface area contributed by atoms with E-state index in [1.54, 1.807) is 0 Å². The van der Waals surface area contributed by atoms with Crippen LogP contribution in [0.1, 0.15) is 32.2 Å². The molecule has 0 saturated carbocycles. The number of nitrogens with one attached hydrogen (secondary N) is 1. The Bertz CT molecular complexity index is 374. The Morgan fingerprint density at radius 3 is 2.59 bits per heavy atom. The molecular weight excluding hydrogens is 282 g/mol. The summed E-state index contributed by atoms with van der Waals surface area (Å²) in [5.74, 6) is 0. The predicted molar refractivity (Wildman–Crippen MR) is 73.1 cm³/mol. The van der Waals surface area contributed by atoms with E-state index in [2.05, 4.69) is 40.2 Å². The average molecular weight is 304 g/mol. The van der Waals surface area contributed by atoms with Crippen molar-refractivity contribution in [2.75, 3.05) is 13.2 Å². The minimum Gasteiger partial charge on any atom is -0.375 e. The van der Waals surface area contributed by atoms with Crippen molar-refractivity contribution in [2.24, 2.45) is 7.05 Å². The van der Waals surface area contributed by atoms with Crippen LogP contribution in [0.3, 0.4) is 0 Å². The molecule has 0 radical (unpaired) electrons. The molecule has 1 N–H and O–H groups in total. The lowest BCUT2D eigenvalue weighted by molar-refractivity contribution is -0.00907. The van der Waals surface area contributed by atoms with Gasteiger partial charge in [0.25, 0.3) is 0 Å². The van der Waals surface area contributed by atoms with Gasteiger partial charge in [-0.2, -0.15) is 5.10 Å². The van der Waals surface area contributed by atoms with Gasteiger partial charge in [0.2, 0.25) is 0 Å². The van der Waals surface area contributed by atoms with Gasteiger partial charge in [-0.3, -0.25) is 4.68 Å². The number of rotatable bonds is 6. The molecule has 1 heterocycles. The van der Waals surface area contributed by atoms with Crippen molar-refractivity contribution in [3.8, 4) is 0 Å². The number of nitrogens with zero attached hydrogens (tertiary/aromatic N) is 2. The number of hydrogen-bond donors (Lipinski definition) is 1. The summed E-state index contributed by atoms with van der Waals surface area (Å²) in [6, 6.07) is 0. The Hall–Kier alpha value is -0.390. The van der Waals surface area contributed by atoms with Gasteiger partial charge in [0.15, 0.2) is 0 Å². The Morgan fingerprint density at radius 1 is 1.47 bits per heavy atom. The van der Waals surface area contributed by atoms with Crippen LogP contribution in [0.25, 0.3) is 0 Å². The molecule has 0 spiro atoms. The van der Waals surface area contributed by atoms with Crippen LogP contribution in [-0.4, -0.2) is 28.5 Å². The Kier molecular flexibility index (Phi) is 5.16. The first-order chi connectivity index (χ1) is 7.87. The maximum Gasteiger partial charge on any atom is 0.0750 e. The molecule has 0 fully saturated rings. The quantitative estimate of drug-likeness (QED) is 0.877. The summed E-state index contributed by atoms with van der Waals surface area (Å²) in [5, 5.41) is 7.77. The monoisotopic (exact) mass is 303 g/mol. The van der Waals surface area contributed by atoms with E-state index in [0.717, 1.165) is 35.6 Å². The summed E-state index contributed by atoms with van der Waals surface area (Å²) in [4.78, 5) is 0. The molecule has 0 amide bonds. The van der Waals surface area contributed by atoms with E-state index in [1.165, 1.54) is 0 Å². The van der Waals surface area contributed by atoms with Crippen molar-refractivity contribution < 1.29 is 4.74 Å². The molecule has 5 heteroatoms. The van der Waals surface area contributed by atoms with Gasteiger partial charge in [-0.1, -0.05) is 0 Å². The molecule has 4 nitrogen and oxygen atoms in total. The maximum absolute atomic E-state index is 5.64. The van der Waals surface area contributed by atoms with Crippen molar-refractivity contribution in [3.05, 3.63) is 15.9 Å². The van der Waals surface area contributed by atoms with Crippen molar-refractivity contribution in [1.29, 1.82) is 0 Å². The highest BCUT2D eigenvalue weighted by molar-refractivity contribution is 9.10. The molecule has 0 atom stereocenters. The van der Waals surface area contributed by atoms with Gasteiger partial charge >= 0.3 is 0 Å². The normalized spacial score (nSPS) is 12.1. The van der Waals surface area contributed by atoms with Crippen molar-refractivity contribution in [2.45, 2.75) is 39.8 Å². The molecule has 98 valence electrons. The zero-order valence-electron chi connectivity index (χ0n) is 11.3. The van der Waals surface area contributed by atoms with Crippen LogP contribution in [0, 0.1) is 6.92 Å². The Labute approximate surface area is 112 Å². The fraction of sp³-hybridized carbons (Fsp3) is 0.750. The summed E-state index contributed by atoms with van der Waals surface area (Å²) >= 11 is 3.56. The first kappa shape index (κ1) is 14.7. The molecule has 0 aliphatic carbocycles. The van der Waals surface area contributed by atoms with Gasteiger partial charge in [-0.05, 0) is 43.6 Å². The van der Waals surface area contributed by atoms with E-state index in [4.69, 9.17) is 4.74 Å². The zero-order valence-corrected chi connectivity index (χ0v) is 12.9. The lowest BCUT2D eigenvalue weighted by Gasteiger charge is -2.25. The average Bonchev–Trinajstić information content (AvgIpc) is 2.44. The second-order valence-corrected chi connectivity index (χ2v) is 5.56. The van der Waals surface area contributed by atoms with Gasteiger partial charge in [0.05, 0.1) is 21.5 Å². The fourth-order valence-electron chi connectivity index (χ4n) is 1.80. The van der Waals surface area contributed by atoms with Crippen LogP contribution >= 0.6 is 15.9 Å². The topological polar surface area (TPSA) is 39.1 Å². The predicted octanol–water partition coefficient (Wildman–Crippen LogP) is 2.40. The van der Waals surface area contributed by atoms with Gasteiger partial charge < -0.3 is 10.1 Å². The minimum atomic E-state index is -0.130. The number of halogens is 1. The third kappa shape index (κ3) is 4.08. The van der Waals surface area contributed by atoms with E-state index < -0.39 is 0 Å². The van der Waals surface area contributed by atoms with Crippen molar-refractivity contribution >= 4 is 15.9 Å². The van der Waals surface area contributed by atoms with Crippen LogP contribution in [0.2, 0.25) is 0 Å². The van der Waals surface area contributed by atoms with Crippen LogP contribution in [0.5, 0.6) is 0 Å². The SMILES string of the molecule is CCOC(C)(C)CNCc1c(Br)c(C)nn1C. The largest absolute Gasteiger partial charge is 0.375 e. The van der Waals surface area contributed by atoms with E-state index in [9.17, 15) is 0 Å². The number of ether oxygens (including phenoxy) is 1. The van der Waals surface area contributed by atoms with Crippen LogP contribution in [0.4, 0.5) is 0 Å². The maximum atomic E-state index is 5.64. The first-order valence-corrected chi connectivity index (χ1v) is 6.69. The zero-order chi connectivity index (χ0) is 13.1. The standard InChI is InChI=1S/C12H22BrN3O/c1-6-17-12(3,4)8-14-7-10-11(13)9(2)15-16(10)5/h14H,6-8H2,1-5H3. The molecule has 0 bridgehead atoms. The van der Waals surface area contributed by atoms with Gasteiger partial charge in [0.1, 0.15) is 0 Å². The van der Waals surface area contributed by atoms with E-state index in [-0.39, 0.29) is 5.60 Å². The molecule has 1 aromatic heterocycles. The highest BCUT2D eigenvalue weighted by atomic mass is 79.9. The molecule has 0 aliphatic rings. The first-order valence-electron chi connectivity index (χ1n) is 5.90. The Morgan fingerprint density at radius 2 is 2.12 bits per heavy atom. The third-order valence-electron chi connectivity index (χ3n) is 2.64. The lowest BCUT2D eigenvalue weighted by atomic mass is 10.1. The lowest BCUT2D eigenvalue weighted by Crippen LogP contribution is -2.37. The van der Waals surface area contributed by atoms with E-state index in [1.807, 2.05) is 25.6 Å². The number of aryl methyl sites for hydroxylation is 2. The second-order valence-electron chi connectivity index (χ2n) is 4.77. The molecule has 17 heavy (non-hydrogen) atoms. The highest BCUT2D eigenvalue weighted by Gasteiger charge is 2.17. The van der Waals surface area contributed by atoms with Crippen molar-refractivity contribution in [3.63, 3.8) is 0 Å². The second kappa shape index (κ2) is 5.98. The summed E-state index contributed by atoms with van der Waals surface area (Å²) in [6.45, 7) is 10.5. The highest BCUT2D eigenvalue weighted by Crippen LogP contribution is 2.20. The molecule has 0 saturated heterocycles. The molecule has 0 aromatic carbocycles. The molecule has 1 aromatic rings. The van der Waals surface area contributed by atoms with Crippen LogP contribution in [0.15, 0.2) is 4.47 Å². The summed E-state index contributed by atoms with van der Waals surface area (Å²) in [6.07, 6.45) is 0. The van der Waals surface area contributed by atoms with Gasteiger partial charge in [0, 0.05) is 26.7 Å². The van der Waals surface area contributed by atoms with E-state index >= 15 is 0 Å². The molecule has 0 unspecified atom stereocenters. The number of aromatic nitrogens is 2. The Balaban J connectivity index is 2.51. The summed E-state index contributed by atoms with van der Waals surface area (Å²) in [5.41, 5.74) is 2.05. The number of hydrogen-bond acceptors (Lipinski definition) is 3.